The van der Waals surface area contributed by atoms with E-state index in [1.54, 1.807) is 0 Å². The van der Waals surface area contributed by atoms with Crippen LogP contribution in [-0.2, 0) is 6.54 Å². The Morgan fingerprint density at radius 1 is 1.30 bits per heavy atom. The van der Waals surface area contributed by atoms with Crippen molar-refractivity contribution in [3.63, 3.8) is 0 Å². The maximum Gasteiger partial charge on any atom is 0.0371 e. The van der Waals surface area contributed by atoms with Gasteiger partial charge in [-0.2, -0.15) is 0 Å². The number of nitrogens with one attached hydrogen (secondary N) is 1. The largest absolute Gasteiger partial charge is 0.369 e. The molecule has 1 saturated heterocycles. The summed E-state index contributed by atoms with van der Waals surface area (Å²) < 4.78 is 0. The number of piperidine rings is 1. The van der Waals surface area contributed by atoms with Crippen LogP contribution in [0.25, 0.3) is 0 Å². The summed E-state index contributed by atoms with van der Waals surface area (Å²) in [6.45, 7) is 12.4. The predicted octanol–water partition coefficient (Wildman–Crippen LogP) is 4.12. The highest BCUT2D eigenvalue weighted by Gasteiger charge is 2.18. The Balaban J connectivity index is 2.01. The number of hydrogen-bond acceptors (Lipinski definition) is 2. The van der Waals surface area contributed by atoms with E-state index in [0.29, 0.717) is 12.0 Å². The zero-order valence-corrected chi connectivity index (χ0v) is 13.6. The second-order valence-corrected chi connectivity index (χ2v) is 6.67. The number of benzene rings is 1. The van der Waals surface area contributed by atoms with Gasteiger partial charge in [0.05, 0.1) is 0 Å². The molecular formula is C18H30N2. The topological polar surface area (TPSA) is 15.3 Å². The van der Waals surface area contributed by atoms with Crippen LogP contribution in [0.4, 0.5) is 5.69 Å². The molecule has 2 nitrogen and oxygen atoms in total. The lowest BCUT2D eigenvalue weighted by atomic mass is 10.0. The van der Waals surface area contributed by atoms with E-state index in [0.717, 1.165) is 13.1 Å². The quantitative estimate of drug-likeness (QED) is 0.869. The normalized spacial score (nSPS) is 19.6. The van der Waals surface area contributed by atoms with Crippen LogP contribution >= 0.6 is 0 Å². The second-order valence-electron chi connectivity index (χ2n) is 6.67. The molecule has 1 aliphatic rings. The third-order valence-electron chi connectivity index (χ3n) is 4.33. The number of anilines is 1. The molecule has 1 unspecified atom stereocenters. The molecule has 0 bridgehead atoms. The summed E-state index contributed by atoms with van der Waals surface area (Å²) >= 11 is 0. The average molecular weight is 274 g/mol. The summed E-state index contributed by atoms with van der Waals surface area (Å²) in [5.74, 6) is 0.712. The molecule has 0 radical (unpaired) electrons. The van der Waals surface area contributed by atoms with Crippen molar-refractivity contribution in [3.05, 3.63) is 29.3 Å². The minimum atomic E-state index is 0.688. The maximum absolute atomic E-state index is 3.54. The Morgan fingerprint density at radius 2 is 2.10 bits per heavy atom. The van der Waals surface area contributed by atoms with Gasteiger partial charge in [0.1, 0.15) is 0 Å². The van der Waals surface area contributed by atoms with E-state index in [-0.39, 0.29) is 0 Å². The molecule has 1 N–H and O–H groups in total. The van der Waals surface area contributed by atoms with E-state index in [4.69, 9.17) is 0 Å². The fourth-order valence-electron chi connectivity index (χ4n) is 3.03. The zero-order valence-electron chi connectivity index (χ0n) is 13.6. The smallest absolute Gasteiger partial charge is 0.0371 e. The molecule has 2 rings (SSSR count). The summed E-state index contributed by atoms with van der Waals surface area (Å²) in [6.07, 6.45) is 4.05. The standard InChI is InChI=1S/C18H30N2/c1-14(2)12-19-13-17-8-9-18(11-15(17)3)20-10-6-5-7-16(20)4/h8-9,11,14,16,19H,5-7,10,12-13H2,1-4H3. The van der Waals surface area contributed by atoms with E-state index < -0.39 is 0 Å². The summed E-state index contributed by atoms with van der Waals surface area (Å²) in [5, 5.41) is 3.54. The van der Waals surface area contributed by atoms with Crippen LogP contribution < -0.4 is 10.2 Å². The predicted molar refractivity (Wildman–Crippen MR) is 88.4 cm³/mol. The molecule has 0 aromatic heterocycles. The lowest BCUT2D eigenvalue weighted by Gasteiger charge is -2.35. The SMILES string of the molecule is Cc1cc(N2CCCCC2C)ccc1CNCC(C)C. The van der Waals surface area contributed by atoms with Crippen molar-refractivity contribution >= 4 is 5.69 Å². The van der Waals surface area contributed by atoms with Crippen LogP contribution in [0.5, 0.6) is 0 Å². The molecule has 1 aliphatic heterocycles. The van der Waals surface area contributed by atoms with Crippen molar-refractivity contribution in [2.75, 3.05) is 18.0 Å². The van der Waals surface area contributed by atoms with E-state index >= 15 is 0 Å². The Hall–Kier alpha value is -1.02. The van der Waals surface area contributed by atoms with E-state index in [1.807, 2.05) is 0 Å². The molecule has 1 atom stereocenters. The van der Waals surface area contributed by atoms with E-state index in [2.05, 4.69) is 56.1 Å². The van der Waals surface area contributed by atoms with Crippen LogP contribution in [0.1, 0.15) is 51.2 Å². The van der Waals surface area contributed by atoms with Crippen LogP contribution in [0.2, 0.25) is 0 Å². The van der Waals surface area contributed by atoms with Crippen molar-refractivity contribution in [2.45, 2.75) is 59.5 Å². The van der Waals surface area contributed by atoms with Gasteiger partial charge < -0.3 is 10.2 Å². The fraction of sp³-hybridized carbons (Fsp3) is 0.667. The Morgan fingerprint density at radius 3 is 2.75 bits per heavy atom. The van der Waals surface area contributed by atoms with Crippen molar-refractivity contribution in [1.29, 1.82) is 0 Å². The van der Waals surface area contributed by atoms with Gasteiger partial charge in [-0.15, -0.1) is 0 Å². The summed E-state index contributed by atoms with van der Waals surface area (Å²) in [7, 11) is 0. The molecule has 1 fully saturated rings. The average Bonchev–Trinajstić information content (AvgIpc) is 2.41. The van der Waals surface area contributed by atoms with Gasteiger partial charge in [0.2, 0.25) is 0 Å². The highest BCUT2D eigenvalue weighted by molar-refractivity contribution is 5.51. The lowest BCUT2D eigenvalue weighted by Crippen LogP contribution is -2.37. The van der Waals surface area contributed by atoms with Gasteiger partial charge in [0, 0.05) is 24.8 Å². The Labute approximate surface area is 124 Å². The van der Waals surface area contributed by atoms with Crippen molar-refractivity contribution in [2.24, 2.45) is 5.92 Å². The summed E-state index contributed by atoms with van der Waals surface area (Å²) in [4.78, 5) is 2.57. The van der Waals surface area contributed by atoms with Gasteiger partial charge in [0.25, 0.3) is 0 Å². The first-order valence-electron chi connectivity index (χ1n) is 8.15. The molecule has 112 valence electrons. The van der Waals surface area contributed by atoms with Crippen molar-refractivity contribution in [1.82, 2.24) is 5.32 Å². The zero-order chi connectivity index (χ0) is 14.5. The molecule has 1 aromatic rings. The first-order chi connectivity index (χ1) is 9.58. The van der Waals surface area contributed by atoms with Crippen LogP contribution in [0.15, 0.2) is 18.2 Å². The first kappa shape index (κ1) is 15.4. The van der Waals surface area contributed by atoms with Gasteiger partial charge in [-0.25, -0.2) is 0 Å². The van der Waals surface area contributed by atoms with Gasteiger partial charge in [-0.1, -0.05) is 19.9 Å². The Bertz CT molecular complexity index is 425. The van der Waals surface area contributed by atoms with Gasteiger partial charge in [-0.05, 0) is 68.8 Å². The van der Waals surface area contributed by atoms with Gasteiger partial charge in [0.15, 0.2) is 0 Å². The number of hydrogen-bond donors (Lipinski definition) is 1. The molecule has 0 aliphatic carbocycles. The highest BCUT2D eigenvalue weighted by atomic mass is 15.2. The monoisotopic (exact) mass is 274 g/mol. The number of rotatable bonds is 5. The third-order valence-corrected chi connectivity index (χ3v) is 4.33. The van der Waals surface area contributed by atoms with Crippen LogP contribution in [-0.4, -0.2) is 19.1 Å². The molecule has 0 spiro atoms. The number of nitrogens with zero attached hydrogens (tertiary/aromatic N) is 1. The Kier molecular flexibility index (Phi) is 5.47. The van der Waals surface area contributed by atoms with Crippen molar-refractivity contribution in [3.8, 4) is 0 Å². The lowest BCUT2D eigenvalue weighted by molar-refractivity contribution is 0.484. The molecule has 0 amide bonds. The maximum atomic E-state index is 3.54. The molecule has 1 heterocycles. The summed E-state index contributed by atoms with van der Waals surface area (Å²) in [5.41, 5.74) is 4.25. The minimum Gasteiger partial charge on any atom is -0.369 e. The molecule has 0 saturated carbocycles. The van der Waals surface area contributed by atoms with Crippen LogP contribution in [0.3, 0.4) is 0 Å². The minimum absolute atomic E-state index is 0.688. The molecule has 20 heavy (non-hydrogen) atoms. The summed E-state index contributed by atoms with van der Waals surface area (Å²) in [6, 6.07) is 7.67. The third kappa shape index (κ3) is 3.99. The van der Waals surface area contributed by atoms with Gasteiger partial charge >= 0.3 is 0 Å². The van der Waals surface area contributed by atoms with Crippen LogP contribution in [0, 0.1) is 12.8 Å². The fourth-order valence-corrected chi connectivity index (χ4v) is 3.03. The second kappa shape index (κ2) is 7.12. The van der Waals surface area contributed by atoms with E-state index in [1.165, 1.54) is 42.6 Å². The first-order valence-corrected chi connectivity index (χ1v) is 8.15. The highest BCUT2D eigenvalue weighted by Crippen LogP contribution is 2.26. The molecule has 1 aromatic carbocycles. The van der Waals surface area contributed by atoms with Gasteiger partial charge in [-0.3, -0.25) is 0 Å². The molecular weight excluding hydrogens is 244 g/mol. The van der Waals surface area contributed by atoms with Crippen molar-refractivity contribution < 1.29 is 0 Å². The molecule has 2 heteroatoms. The number of aryl methyl sites for hydroxylation is 1. The van der Waals surface area contributed by atoms with E-state index in [9.17, 15) is 0 Å².